The third-order valence-electron chi connectivity index (χ3n) is 4.07. The molecule has 6 heteroatoms. The third kappa shape index (κ3) is 4.43. The van der Waals surface area contributed by atoms with Gasteiger partial charge in [-0.15, -0.1) is 11.3 Å². The molecule has 0 radical (unpaired) electrons. The summed E-state index contributed by atoms with van der Waals surface area (Å²) in [5.41, 5.74) is 8.20. The van der Waals surface area contributed by atoms with Crippen molar-refractivity contribution in [1.29, 1.82) is 0 Å². The maximum absolute atomic E-state index is 5.93. The minimum Gasteiger partial charge on any atom is -0.497 e. The lowest BCUT2D eigenvalue weighted by atomic mass is 10.1. The Balaban J connectivity index is 1.67. The molecule has 0 atom stereocenters. The van der Waals surface area contributed by atoms with Gasteiger partial charge >= 0.3 is 0 Å². The number of aromatic nitrogens is 1. The molecule has 1 aliphatic heterocycles. The van der Waals surface area contributed by atoms with E-state index in [9.17, 15) is 0 Å². The summed E-state index contributed by atoms with van der Waals surface area (Å²) in [7, 11) is 1.69. The number of benzene rings is 1. The summed E-state index contributed by atoms with van der Waals surface area (Å²) < 4.78 is 10.7. The molecule has 0 bridgehead atoms. The molecule has 0 amide bonds. The zero-order valence-electron chi connectivity index (χ0n) is 13.4. The Morgan fingerprint density at radius 1 is 1.39 bits per heavy atom. The molecule has 2 heterocycles. The first-order valence-electron chi connectivity index (χ1n) is 7.92. The van der Waals surface area contributed by atoms with E-state index < -0.39 is 0 Å². The smallest absolute Gasteiger partial charge is 0.180 e. The Morgan fingerprint density at radius 3 is 3.00 bits per heavy atom. The number of nitrogens with zero attached hydrogens (tertiary/aromatic N) is 1. The molecule has 3 N–H and O–H groups in total. The van der Waals surface area contributed by atoms with E-state index in [1.807, 2.05) is 12.1 Å². The van der Waals surface area contributed by atoms with Gasteiger partial charge in [-0.2, -0.15) is 0 Å². The number of hydrogen-bond donors (Lipinski definition) is 2. The molecule has 23 heavy (non-hydrogen) atoms. The van der Waals surface area contributed by atoms with E-state index >= 15 is 0 Å². The summed E-state index contributed by atoms with van der Waals surface area (Å²) >= 11 is 1.57. The second-order valence-corrected chi connectivity index (χ2v) is 6.83. The van der Waals surface area contributed by atoms with Crippen LogP contribution >= 0.6 is 11.3 Å². The molecule has 1 fully saturated rings. The fourth-order valence-corrected chi connectivity index (χ4v) is 3.67. The van der Waals surface area contributed by atoms with Gasteiger partial charge < -0.3 is 20.5 Å². The molecule has 2 aromatic rings. The molecule has 1 aromatic carbocycles. The molecule has 124 valence electrons. The van der Waals surface area contributed by atoms with Crippen LogP contribution in [0.4, 0.5) is 5.13 Å². The van der Waals surface area contributed by atoms with Gasteiger partial charge in [-0.05, 0) is 30.5 Å². The molecule has 0 unspecified atom stereocenters. The summed E-state index contributed by atoms with van der Waals surface area (Å²) in [5.74, 6) is 0.877. The lowest BCUT2D eigenvalue weighted by molar-refractivity contribution is 0.0775. The molecule has 1 saturated heterocycles. The van der Waals surface area contributed by atoms with E-state index in [-0.39, 0.29) is 0 Å². The van der Waals surface area contributed by atoms with Gasteiger partial charge in [0.25, 0.3) is 0 Å². The van der Waals surface area contributed by atoms with Crippen LogP contribution in [0.2, 0.25) is 0 Å². The quantitative estimate of drug-likeness (QED) is 0.850. The Bertz CT molecular complexity index is 639. The highest BCUT2D eigenvalue weighted by Gasteiger charge is 2.16. The van der Waals surface area contributed by atoms with Gasteiger partial charge in [-0.3, -0.25) is 0 Å². The van der Waals surface area contributed by atoms with Crippen molar-refractivity contribution < 1.29 is 9.47 Å². The van der Waals surface area contributed by atoms with Gasteiger partial charge in [0, 0.05) is 37.1 Å². The van der Waals surface area contributed by atoms with Gasteiger partial charge in [0.05, 0.1) is 12.8 Å². The van der Waals surface area contributed by atoms with Crippen molar-refractivity contribution in [2.24, 2.45) is 0 Å². The topological polar surface area (TPSA) is 69.4 Å². The number of rotatable bonds is 6. The first-order chi connectivity index (χ1) is 11.2. The van der Waals surface area contributed by atoms with Gasteiger partial charge in [0.2, 0.25) is 0 Å². The Labute approximate surface area is 140 Å². The first-order valence-corrected chi connectivity index (χ1v) is 8.74. The average Bonchev–Trinajstić information content (AvgIpc) is 2.93. The fraction of sp³-hybridized carbons (Fsp3) is 0.471. The highest BCUT2D eigenvalue weighted by molar-refractivity contribution is 7.15. The van der Waals surface area contributed by atoms with E-state index in [2.05, 4.69) is 22.4 Å². The van der Waals surface area contributed by atoms with Crippen molar-refractivity contribution in [2.45, 2.75) is 31.8 Å². The van der Waals surface area contributed by atoms with Gasteiger partial charge in [-0.25, -0.2) is 4.98 Å². The maximum Gasteiger partial charge on any atom is 0.180 e. The number of thiazole rings is 1. The number of anilines is 1. The van der Waals surface area contributed by atoms with Crippen molar-refractivity contribution in [2.75, 3.05) is 26.1 Å². The average molecular weight is 333 g/mol. The predicted molar refractivity (Wildman–Crippen MR) is 93.0 cm³/mol. The van der Waals surface area contributed by atoms with Crippen LogP contribution < -0.4 is 15.8 Å². The molecular formula is C17H23N3O2S. The fourth-order valence-electron chi connectivity index (χ4n) is 2.79. The highest BCUT2D eigenvalue weighted by atomic mass is 32.1. The van der Waals surface area contributed by atoms with Crippen LogP contribution in [0.15, 0.2) is 24.3 Å². The predicted octanol–water partition coefficient (Wildman–Crippen LogP) is 2.59. The molecule has 5 nitrogen and oxygen atoms in total. The van der Waals surface area contributed by atoms with E-state index in [4.69, 9.17) is 15.2 Å². The van der Waals surface area contributed by atoms with Gasteiger partial charge in [-0.1, -0.05) is 12.1 Å². The Hall–Kier alpha value is -1.63. The van der Waals surface area contributed by atoms with Crippen LogP contribution in [0.1, 0.15) is 29.0 Å². The highest BCUT2D eigenvalue weighted by Crippen LogP contribution is 2.25. The molecule has 0 spiro atoms. The van der Waals surface area contributed by atoms with Crippen LogP contribution in [-0.2, 0) is 17.7 Å². The number of methoxy groups -OCH3 is 1. The summed E-state index contributed by atoms with van der Waals surface area (Å²) in [6, 6.07) is 8.65. The minimum absolute atomic E-state index is 0.511. The molecule has 0 saturated carbocycles. The van der Waals surface area contributed by atoms with Gasteiger partial charge in [0.15, 0.2) is 5.13 Å². The van der Waals surface area contributed by atoms with Crippen molar-refractivity contribution in [3.05, 3.63) is 40.4 Å². The number of nitrogens with two attached hydrogens (primary N) is 1. The van der Waals surface area contributed by atoms with Crippen molar-refractivity contribution in [3.63, 3.8) is 0 Å². The SMILES string of the molecule is COc1cccc(Cc2sc(N)nc2CNC2CCOCC2)c1. The van der Waals surface area contributed by atoms with Crippen LogP contribution in [0.5, 0.6) is 5.75 Å². The largest absolute Gasteiger partial charge is 0.497 e. The monoisotopic (exact) mass is 333 g/mol. The van der Waals surface area contributed by atoms with E-state index in [1.165, 1.54) is 10.4 Å². The Kier molecular flexibility index (Phi) is 5.48. The zero-order valence-corrected chi connectivity index (χ0v) is 14.2. The second kappa shape index (κ2) is 7.77. The summed E-state index contributed by atoms with van der Waals surface area (Å²) in [6.45, 7) is 2.44. The van der Waals surface area contributed by atoms with Crippen LogP contribution in [0.3, 0.4) is 0 Å². The Morgan fingerprint density at radius 2 is 2.22 bits per heavy atom. The van der Waals surface area contributed by atoms with E-state index in [1.54, 1.807) is 18.4 Å². The van der Waals surface area contributed by atoms with Crippen LogP contribution in [0.25, 0.3) is 0 Å². The van der Waals surface area contributed by atoms with Crippen LogP contribution in [-0.4, -0.2) is 31.3 Å². The molecule has 1 aliphatic rings. The standard InChI is InChI=1S/C17H23N3O2S/c1-21-14-4-2-3-12(9-14)10-16-15(20-17(18)23-16)11-19-13-5-7-22-8-6-13/h2-4,9,13,19H,5-8,10-11H2,1H3,(H2,18,20). The zero-order chi connectivity index (χ0) is 16.1. The summed E-state index contributed by atoms with van der Waals surface area (Å²) in [6.07, 6.45) is 2.95. The lowest BCUT2D eigenvalue weighted by Crippen LogP contribution is -2.34. The molecule has 1 aromatic heterocycles. The number of nitrogens with one attached hydrogen (secondary N) is 1. The number of ether oxygens (including phenoxy) is 2. The third-order valence-corrected chi connectivity index (χ3v) is 5.00. The normalized spacial score (nSPS) is 15.7. The number of hydrogen-bond acceptors (Lipinski definition) is 6. The van der Waals surface area contributed by atoms with E-state index in [0.717, 1.165) is 50.5 Å². The van der Waals surface area contributed by atoms with Gasteiger partial charge in [0.1, 0.15) is 5.75 Å². The van der Waals surface area contributed by atoms with Crippen molar-refractivity contribution in [3.8, 4) is 5.75 Å². The van der Waals surface area contributed by atoms with E-state index in [0.29, 0.717) is 11.2 Å². The maximum atomic E-state index is 5.93. The number of nitrogen functional groups attached to an aromatic ring is 1. The summed E-state index contributed by atoms with van der Waals surface area (Å²) in [5, 5.41) is 4.22. The molecule has 0 aliphatic carbocycles. The van der Waals surface area contributed by atoms with Crippen LogP contribution in [0, 0.1) is 0 Å². The minimum atomic E-state index is 0.511. The van der Waals surface area contributed by atoms with Crippen molar-refractivity contribution >= 4 is 16.5 Å². The second-order valence-electron chi connectivity index (χ2n) is 5.72. The lowest BCUT2D eigenvalue weighted by Gasteiger charge is -2.23. The molecule has 3 rings (SSSR count). The van der Waals surface area contributed by atoms with Crippen molar-refractivity contribution in [1.82, 2.24) is 10.3 Å². The molecular weight excluding hydrogens is 310 g/mol. The summed E-state index contributed by atoms with van der Waals surface area (Å²) in [4.78, 5) is 5.72. The first kappa shape index (κ1) is 16.2.